The quantitative estimate of drug-likeness (QED) is 0.212. The zero-order valence-electron chi connectivity index (χ0n) is 27.8. The van der Waals surface area contributed by atoms with E-state index in [1.54, 1.807) is 24.3 Å². The summed E-state index contributed by atoms with van der Waals surface area (Å²) in [6.07, 6.45) is 0. The van der Waals surface area contributed by atoms with E-state index in [4.69, 9.17) is 26.2 Å². The molecule has 0 spiro atoms. The molecule has 43 heavy (non-hydrogen) atoms. The van der Waals surface area contributed by atoms with Gasteiger partial charge in [-0.3, -0.25) is 0 Å². The summed E-state index contributed by atoms with van der Waals surface area (Å²) >= 11 is 0. The van der Waals surface area contributed by atoms with Crippen molar-refractivity contribution >= 4 is 21.9 Å². The lowest BCUT2D eigenvalue weighted by molar-refractivity contribution is 0.669. The molecule has 0 unspecified atom stereocenters. The van der Waals surface area contributed by atoms with Gasteiger partial charge in [0.1, 0.15) is 11.2 Å². The zero-order chi connectivity index (χ0) is 32.9. The molecule has 2 aromatic heterocycles. The first-order valence-electron chi connectivity index (χ1n) is 16.4. The number of hydrogen-bond acceptors (Lipinski definition) is 4. The van der Waals surface area contributed by atoms with E-state index in [2.05, 4.69) is 24.3 Å². The largest absolute Gasteiger partial charge is 0.456 e. The molecule has 0 radical (unpaired) electrons. The fourth-order valence-corrected chi connectivity index (χ4v) is 5.26. The molecule has 0 bridgehead atoms. The highest BCUT2D eigenvalue weighted by molar-refractivity contribution is 6.07. The van der Waals surface area contributed by atoms with E-state index in [1.807, 2.05) is 72.8 Å². The maximum atomic E-state index is 8.38. The normalized spacial score (nSPS) is 12.9. The second-order valence-electron chi connectivity index (χ2n) is 10.1. The first-order chi connectivity index (χ1) is 23.4. The first kappa shape index (κ1) is 20.1. The van der Waals surface area contributed by atoms with Crippen molar-refractivity contribution in [3.05, 3.63) is 152 Å². The molecule has 0 fully saturated rings. The SMILES string of the molecule is [2H]c1c([2H])c([2H])c(-c2ccc(-c3nc(-c4ccccc4)nc(-c4ccc5oc6ccc(-c7ccccc7)cc6c5c4)n3)cc2)c([2H])c1[2H]. The number of nitrogens with zero attached hydrogens (tertiary/aromatic N) is 3. The Bertz CT molecular complexity index is 2470. The predicted octanol–water partition coefficient (Wildman–Crippen LogP) is 10.1. The summed E-state index contributed by atoms with van der Waals surface area (Å²) in [7, 11) is 0. The Morgan fingerprint density at radius 2 is 0.837 bits per heavy atom. The highest BCUT2D eigenvalue weighted by atomic mass is 16.3. The third-order valence-corrected chi connectivity index (χ3v) is 7.43. The molecule has 4 nitrogen and oxygen atoms in total. The third-order valence-electron chi connectivity index (χ3n) is 7.43. The Morgan fingerprint density at radius 1 is 0.395 bits per heavy atom. The predicted molar refractivity (Wildman–Crippen MR) is 174 cm³/mol. The summed E-state index contributed by atoms with van der Waals surface area (Å²) in [5.41, 5.74) is 6.74. The van der Waals surface area contributed by atoms with Crippen molar-refractivity contribution in [2.24, 2.45) is 0 Å². The van der Waals surface area contributed by atoms with Gasteiger partial charge in [0, 0.05) is 27.5 Å². The lowest BCUT2D eigenvalue weighted by Crippen LogP contribution is -2.00. The van der Waals surface area contributed by atoms with Crippen LogP contribution in [0.5, 0.6) is 0 Å². The van der Waals surface area contributed by atoms with Gasteiger partial charge in [0.2, 0.25) is 0 Å². The van der Waals surface area contributed by atoms with Gasteiger partial charge in [0.05, 0.1) is 6.85 Å². The van der Waals surface area contributed by atoms with Gasteiger partial charge in [-0.05, 0) is 52.6 Å². The fourth-order valence-electron chi connectivity index (χ4n) is 5.26. The van der Waals surface area contributed by atoms with Crippen molar-refractivity contribution in [1.82, 2.24) is 15.0 Å². The second-order valence-corrected chi connectivity index (χ2v) is 10.1. The van der Waals surface area contributed by atoms with Gasteiger partial charge < -0.3 is 4.42 Å². The standard InChI is InChI=1S/C39H25N3O/c1-4-10-26(11-5-1)28-16-18-30(19-17-28)38-40-37(29-14-8-3-9-15-29)41-39(42-38)32-21-23-36-34(25-32)33-24-31(20-22-35(33)43-36)27-12-6-2-7-13-27/h1-25H/i1D,4D,5D,10D,11D. The summed E-state index contributed by atoms with van der Waals surface area (Å²) in [4.78, 5) is 14.6. The molecule has 2 heterocycles. The van der Waals surface area contributed by atoms with Crippen molar-refractivity contribution in [3.63, 3.8) is 0 Å². The van der Waals surface area contributed by atoms with E-state index in [1.165, 1.54) is 0 Å². The maximum absolute atomic E-state index is 8.38. The average molecular weight is 557 g/mol. The molecular formula is C39H25N3O. The number of furan rings is 1. The number of rotatable bonds is 5. The Balaban J connectivity index is 1.25. The molecule has 0 N–H and O–H groups in total. The topological polar surface area (TPSA) is 51.8 Å². The summed E-state index contributed by atoms with van der Waals surface area (Å²) in [6, 6.07) is 37.4. The van der Waals surface area contributed by atoms with Gasteiger partial charge in [0.15, 0.2) is 17.5 Å². The van der Waals surface area contributed by atoms with Crippen LogP contribution in [-0.2, 0) is 0 Å². The van der Waals surface area contributed by atoms with Crippen LogP contribution in [-0.4, -0.2) is 15.0 Å². The summed E-state index contributed by atoms with van der Waals surface area (Å²) in [5.74, 6) is 1.44. The van der Waals surface area contributed by atoms with Crippen LogP contribution in [0.1, 0.15) is 6.85 Å². The van der Waals surface area contributed by atoms with Gasteiger partial charge in [0.25, 0.3) is 0 Å². The molecule has 8 aromatic rings. The number of fused-ring (bicyclic) bond motifs is 3. The van der Waals surface area contributed by atoms with Gasteiger partial charge in [-0.2, -0.15) is 0 Å². The van der Waals surface area contributed by atoms with Crippen molar-refractivity contribution in [2.45, 2.75) is 0 Å². The van der Waals surface area contributed by atoms with Gasteiger partial charge in [-0.25, -0.2) is 15.0 Å². The smallest absolute Gasteiger partial charge is 0.164 e. The van der Waals surface area contributed by atoms with Crippen LogP contribution >= 0.6 is 0 Å². The van der Waals surface area contributed by atoms with Gasteiger partial charge in [-0.15, -0.1) is 0 Å². The first-order valence-corrected chi connectivity index (χ1v) is 13.9. The Kier molecular flexibility index (Phi) is 4.91. The molecule has 0 aliphatic carbocycles. The average Bonchev–Trinajstić information content (AvgIpc) is 3.51. The number of benzene rings is 6. The minimum atomic E-state index is -0.422. The minimum absolute atomic E-state index is 0.143. The minimum Gasteiger partial charge on any atom is -0.456 e. The second kappa shape index (κ2) is 10.5. The molecule has 0 aliphatic rings. The van der Waals surface area contributed by atoms with Crippen LogP contribution in [0.2, 0.25) is 0 Å². The van der Waals surface area contributed by atoms with Gasteiger partial charge in [-0.1, -0.05) is 121 Å². The molecule has 202 valence electrons. The summed E-state index contributed by atoms with van der Waals surface area (Å²) < 4.78 is 47.0. The van der Waals surface area contributed by atoms with Crippen molar-refractivity contribution in [3.8, 4) is 56.4 Å². The van der Waals surface area contributed by atoms with E-state index in [0.717, 1.165) is 44.2 Å². The molecule has 0 aliphatic heterocycles. The molecule has 8 rings (SSSR count). The molecule has 0 amide bonds. The van der Waals surface area contributed by atoms with E-state index < -0.39 is 6.04 Å². The van der Waals surface area contributed by atoms with E-state index in [9.17, 15) is 0 Å². The molecule has 4 heteroatoms. The van der Waals surface area contributed by atoms with E-state index in [-0.39, 0.29) is 29.7 Å². The van der Waals surface area contributed by atoms with Crippen molar-refractivity contribution in [1.29, 1.82) is 0 Å². The van der Waals surface area contributed by atoms with Crippen LogP contribution < -0.4 is 0 Å². The maximum Gasteiger partial charge on any atom is 0.164 e. The molecular weight excluding hydrogens is 526 g/mol. The molecule has 6 aromatic carbocycles. The molecule has 0 atom stereocenters. The fraction of sp³-hybridized carbons (Fsp3) is 0. The Morgan fingerprint density at radius 3 is 1.47 bits per heavy atom. The number of hydrogen-bond donors (Lipinski definition) is 0. The van der Waals surface area contributed by atoms with Crippen LogP contribution in [0.3, 0.4) is 0 Å². The van der Waals surface area contributed by atoms with Crippen LogP contribution in [0.25, 0.3) is 78.4 Å². The van der Waals surface area contributed by atoms with Crippen molar-refractivity contribution in [2.75, 3.05) is 0 Å². The summed E-state index contributed by atoms with van der Waals surface area (Å²) in [6.45, 7) is 0. The van der Waals surface area contributed by atoms with Gasteiger partial charge >= 0.3 is 0 Å². The van der Waals surface area contributed by atoms with Crippen molar-refractivity contribution < 1.29 is 11.3 Å². The zero-order valence-corrected chi connectivity index (χ0v) is 22.8. The van der Waals surface area contributed by atoms with Crippen LogP contribution in [0.4, 0.5) is 0 Å². The summed E-state index contributed by atoms with van der Waals surface area (Å²) in [5, 5.41) is 1.94. The Hall–Kier alpha value is -5.87. The van der Waals surface area contributed by atoms with E-state index >= 15 is 0 Å². The highest BCUT2D eigenvalue weighted by Crippen LogP contribution is 2.35. The Labute approximate surface area is 256 Å². The third kappa shape index (κ3) is 4.75. The lowest BCUT2D eigenvalue weighted by atomic mass is 10.0. The van der Waals surface area contributed by atoms with Crippen LogP contribution in [0.15, 0.2) is 156 Å². The van der Waals surface area contributed by atoms with Crippen LogP contribution in [0, 0.1) is 0 Å². The van der Waals surface area contributed by atoms with E-state index in [0.29, 0.717) is 28.6 Å². The highest BCUT2D eigenvalue weighted by Gasteiger charge is 2.15. The molecule has 0 saturated heterocycles. The monoisotopic (exact) mass is 556 g/mol. The number of aromatic nitrogens is 3. The molecule has 0 saturated carbocycles. The lowest BCUT2D eigenvalue weighted by Gasteiger charge is -2.09.